The van der Waals surface area contributed by atoms with Gasteiger partial charge in [-0.25, -0.2) is 4.79 Å². The molecule has 1 unspecified atom stereocenters. The van der Waals surface area contributed by atoms with Crippen LogP contribution in [0.2, 0.25) is 0 Å². The van der Waals surface area contributed by atoms with Gasteiger partial charge < -0.3 is 25.5 Å². The Hall–Kier alpha value is -4.07. The smallest absolute Gasteiger partial charge is 0.345 e. The number of likely N-dealkylation sites (N-methyl/N-ethyl adjacent to an activating group) is 1. The fraction of sp³-hybridized carbons (Fsp3) is 0.0952. The third-order valence-electron chi connectivity index (χ3n) is 5.52. The zero-order chi connectivity index (χ0) is 20.5. The second-order valence-electron chi connectivity index (χ2n) is 6.93. The lowest BCUT2D eigenvalue weighted by Gasteiger charge is -2.34. The molecular weight excluding hydrogens is 374 g/mol. The van der Waals surface area contributed by atoms with E-state index in [2.05, 4.69) is 0 Å². The predicted molar refractivity (Wildman–Crippen MR) is 104 cm³/mol. The summed E-state index contributed by atoms with van der Waals surface area (Å²) in [5.41, 5.74) is 9.92. The summed E-state index contributed by atoms with van der Waals surface area (Å²) in [4.78, 5) is 40.6. The molecule has 0 saturated heterocycles. The van der Waals surface area contributed by atoms with E-state index in [9.17, 15) is 14.4 Å². The summed E-state index contributed by atoms with van der Waals surface area (Å²) < 4.78 is 11.2. The highest BCUT2D eigenvalue weighted by Gasteiger charge is 2.61. The first-order chi connectivity index (χ1) is 13.9. The van der Waals surface area contributed by atoms with Gasteiger partial charge in [-0.05, 0) is 18.2 Å². The summed E-state index contributed by atoms with van der Waals surface area (Å²) in [7, 11) is 1.56. The number of nitrogens with two attached hydrogens (primary N) is 2. The van der Waals surface area contributed by atoms with Crippen LogP contribution < -0.4 is 26.7 Å². The van der Waals surface area contributed by atoms with Crippen LogP contribution in [-0.2, 0) is 15.0 Å². The number of rotatable bonds is 1. The van der Waals surface area contributed by atoms with Gasteiger partial charge in [-0.3, -0.25) is 9.59 Å². The highest BCUT2D eigenvalue weighted by atomic mass is 16.5. The topological polar surface area (TPSA) is 129 Å². The van der Waals surface area contributed by atoms with E-state index in [-0.39, 0.29) is 28.4 Å². The van der Waals surface area contributed by atoms with Gasteiger partial charge in [-0.15, -0.1) is 0 Å². The number of hydrogen-bond acceptors (Lipinski definition) is 6. The zero-order valence-electron chi connectivity index (χ0n) is 15.3. The number of para-hydroxylation sites is 2. The average Bonchev–Trinajstić information content (AvgIpc) is 2.91. The molecule has 0 radical (unpaired) electrons. The van der Waals surface area contributed by atoms with E-state index >= 15 is 0 Å². The third kappa shape index (κ3) is 1.90. The van der Waals surface area contributed by atoms with Crippen molar-refractivity contribution in [3.63, 3.8) is 0 Å². The third-order valence-corrected chi connectivity index (χ3v) is 5.52. The van der Waals surface area contributed by atoms with Gasteiger partial charge in [0.1, 0.15) is 22.1 Å². The Morgan fingerprint density at radius 2 is 1.76 bits per heavy atom. The van der Waals surface area contributed by atoms with Gasteiger partial charge in [0.2, 0.25) is 11.8 Å². The minimum atomic E-state index is -1.85. The molecule has 0 aliphatic carbocycles. The summed E-state index contributed by atoms with van der Waals surface area (Å²) in [5.74, 6) is -1.74. The van der Waals surface area contributed by atoms with Crippen molar-refractivity contribution in [2.75, 3.05) is 11.9 Å². The molecule has 8 nitrogen and oxygen atoms in total. The minimum Gasteiger partial charge on any atom is -0.440 e. The van der Waals surface area contributed by atoms with Crippen LogP contribution in [-0.4, -0.2) is 18.9 Å². The van der Waals surface area contributed by atoms with Gasteiger partial charge in [0.05, 0.1) is 5.39 Å². The predicted octanol–water partition coefficient (Wildman–Crippen LogP) is 1.10. The van der Waals surface area contributed by atoms with E-state index in [0.29, 0.717) is 16.6 Å². The number of anilines is 1. The van der Waals surface area contributed by atoms with Gasteiger partial charge in [-0.1, -0.05) is 30.3 Å². The van der Waals surface area contributed by atoms with Crippen LogP contribution in [0.15, 0.2) is 69.2 Å². The van der Waals surface area contributed by atoms with Crippen LogP contribution in [0.25, 0.3) is 11.0 Å². The maximum absolute atomic E-state index is 13.6. The largest absolute Gasteiger partial charge is 0.440 e. The van der Waals surface area contributed by atoms with Gasteiger partial charge in [0.15, 0.2) is 5.75 Å². The van der Waals surface area contributed by atoms with Crippen molar-refractivity contribution in [2.45, 2.75) is 5.41 Å². The molecule has 2 aliphatic heterocycles. The molecule has 0 fully saturated rings. The van der Waals surface area contributed by atoms with Crippen molar-refractivity contribution in [3.05, 3.63) is 81.5 Å². The van der Waals surface area contributed by atoms with Crippen molar-refractivity contribution in [3.8, 4) is 5.75 Å². The van der Waals surface area contributed by atoms with E-state index < -0.39 is 22.9 Å². The molecule has 2 aliphatic rings. The van der Waals surface area contributed by atoms with Gasteiger partial charge >= 0.3 is 5.63 Å². The van der Waals surface area contributed by atoms with Crippen LogP contribution in [0.1, 0.15) is 11.1 Å². The van der Waals surface area contributed by atoms with Crippen molar-refractivity contribution in [2.24, 2.45) is 11.5 Å². The molecular formula is C21H15N3O5. The number of carbonyl (C=O) groups excluding carboxylic acids is 2. The van der Waals surface area contributed by atoms with E-state index in [0.717, 1.165) is 0 Å². The maximum Gasteiger partial charge on any atom is 0.345 e. The van der Waals surface area contributed by atoms with Crippen LogP contribution in [0, 0.1) is 0 Å². The fourth-order valence-electron chi connectivity index (χ4n) is 4.37. The second-order valence-corrected chi connectivity index (χ2v) is 6.93. The van der Waals surface area contributed by atoms with Crippen LogP contribution in [0.5, 0.6) is 5.75 Å². The van der Waals surface area contributed by atoms with Gasteiger partial charge in [-0.2, -0.15) is 0 Å². The summed E-state index contributed by atoms with van der Waals surface area (Å²) >= 11 is 0. The molecule has 2 aromatic carbocycles. The lowest BCUT2D eigenvalue weighted by atomic mass is 9.68. The number of nitrogens with zero attached hydrogens (tertiary/aromatic N) is 1. The van der Waals surface area contributed by atoms with E-state index in [1.807, 2.05) is 0 Å². The van der Waals surface area contributed by atoms with Gasteiger partial charge in [0.25, 0.3) is 5.91 Å². The normalized spacial score (nSPS) is 20.0. The Morgan fingerprint density at radius 1 is 1.07 bits per heavy atom. The summed E-state index contributed by atoms with van der Waals surface area (Å²) in [6.45, 7) is 0. The molecule has 144 valence electrons. The highest BCUT2D eigenvalue weighted by molar-refractivity contribution is 6.19. The number of carbonyl (C=O) groups is 2. The number of ether oxygens (including phenoxy) is 1. The molecule has 1 atom stereocenters. The van der Waals surface area contributed by atoms with Gasteiger partial charge in [0, 0.05) is 18.3 Å². The highest BCUT2D eigenvalue weighted by Crippen LogP contribution is 2.54. The SMILES string of the molecule is CN1C(=O)C2(C(C(N)=O)=C(N)Oc3c2c(=O)oc2ccccc32)c2ccccc21. The molecule has 8 heteroatoms. The Labute approximate surface area is 164 Å². The van der Waals surface area contributed by atoms with E-state index in [1.165, 1.54) is 4.90 Å². The molecule has 1 aromatic heterocycles. The number of benzene rings is 2. The lowest BCUT2D eigenvalue weighted by Crippen LogP contribution is -2.51. The van der Waals surface area contributed by atoms with Crippen molar-refractivity contribution in [1.29, 1.82) is 0 Å². The number of fused-ring (bicyclic) bond motifs is 6. The summed E-state index contributed by atoms with van der Waals surface area (Å²) in [6, 6.07) is 13.6. The Bertz CT molecular complexity index is 1340. The molecule has 0 bridgehead atoms. The van der Waals surface area contributed by atoms with E-state index in [1.54, 1.807) is 55.6 Å². The molecule has 5 rings (SSSR count). The first-order valence-electron chi connectivity index (χ1n) is 8.81. The Kier molecular flexibility index (Phi) is 3.22. The number of hydrogen-bond donors (Lipinski definition) is 2. The number of primary amides is 1. The van der Waals surface area contributed by atoms with Crippen molar-refractivity contribution in [1.82, 2.24) is 0 Å². The Morgan fingerprint density at radius 3 is 2.52 bits per heavy atom. The monoisotopic (exact) mass is 389 g/mol. The van der Waals surface area contributed by atoms with Crippen molar-refractivity contribution >= 4 is 28.5 Å². The van der Waals surface area contributed by atoms with Crippen LogP contribution in [0.3, 0.4) is 0 Å². The molecule has 2 amide bonds. The standard InChI is InChI=1S/C21H15N3O5/c1-24-12-8-4-3-7-11(12)21(20(24)27)14-16(29-18(23)15(21)17(22)25)10-6-2-5-9-13(10)28-19(14)26/h2-9H,23H2,1H3,(H2,22,25). The second kappa shape index (κ2) is 5.48. The fourth-order valence-corrected chi connectivity index (χ4v) is 4.37. The van der Waals surface area contributed by atoms with Crippen molar-refractivity contribution < 1.29 is 18.7 Å². The Balaban J connectivity index is 2.04. The molecule has 29 heavy (non-hydrogen) atoms. The quantitative estimate of drug-likeness (QED) is 0.600. The molecule has 0 saturated carbocycles. The van der Waals surface area contributed by atoms with E-state index in [4.69, 9.17) is 20.6 Å². The summed E-state index contributed by atoms with van der Waals surface area (Å²) in [5, 5.41) is 0.452. The number of amides is 2. The lowest BCUT2D eigenvalue weighted by molar-refractivity contribution is -0.123. The molecule has 4 N–H and O–H groups in total. The first-order valence-corrected chi connectivity index (χ1v) is 8.81. The average molecular weight is 389 g/mol. The summed E-state index contributed by atoms with van der Waals surface area (Å²) in [6.07, 6.45) is 0. The zero-order valence-corrected chi connectivity index (χ0v) is 15.3. The minimum absolute atomic E-state index is 0.0813. The van der Waals surface area contributed by atoms with Crippen LogP contribution in [0.4, 0.5) is 5.69 Å². The van der Waals surface area contributed by atoms with Crippen LogP contribution >= 0.6 is 0 Å². The molecule has 3 heterocycles. The first kappa shape index (κ1) is 17.1. The maximum atomic E-state index is 13.6. The molecule has 1 spiro atoms. The molecule has 3 aromatic rings.